The Morgan fingerprint density at radius 2 is 2.17 bits per heavy atom. The van der Waals surface area contributed by atoms with Crippen LogP contribution in [0.25, 0.3) is 6.08 Å². The van der Waals surface area contributed by atoms with E-state index >= 15 is 0 Å². The van der Waals surface area contributed by atoms with Crippen molar-refractivity contribution in [2.24, 2.45) is 0 Å². The number of ether oxygens (including phenoxy) is 2. The van der Waals surface area contributed by atoms with E-state index in [2.05, 4.69) is 15.3 Å². The van der Waals surface area contributed by atoms with Crippen LogP contribution in [-0.4, -0.2) is 36.3 Å². The van der Waals surface area contributed by atoms with Gasteiger partial charge in [-0.2, -0.15) is 0 Å². The van der Waals surface area contributed by atoms with E-state index in [1.54, 1.807) is 32.8 Å². The molecule has 0 aliphatic rings. The van der Waals surface area contributed by atoms with E-state index in [0.29, 0.717) is 12.4 Å². The number of rotatable bonds is 6. The van der Waals surface area contributed by atoms with E-state index in [1.165, 1.54) is 0 Å². The Hall–Kier alpha value is -1.33. The molecule has 1 aromatic heterocycles. The highest BCUT2D eigenvalue weighted by molar-refractivity contribution is 6.28. The molecule has 1 rings (SSSR count). The van der Waals surface area contributed by atoms with E-state index in [9.17, 15) is 0 Å². The predicted octanol–water partition coefficient (Wildman–Crippen LogP) is 2.58. The van der Waals surface area contributed by atoms with Crippen LogP contribution in [-0.2, 0) is 9.47 Å². The van der Waals surface area contributed by atoms with Gasteiger partial charge in [-0.3, -0.25) is 0 Å². The summed E-state index contributed by atoms with van der Waals surface area (Å²) in [6.07, 6.45) is 4.96. The van der Waals surface area contributed by atoms with Gasteiger partial charge in [0.05, 0.1) is 25.5 Å². The monoisotopic (exact) mass is 271 g/mol. The van der Waals surface area contributed by atoms with Gasteiger partial charge < -0.3 is 14.8 Å². The molecule has 1 N–H and O–H groups in total. The summed E-state index contributed by atoms with van der Waals surface area (Å²) >= 11 is 5.81. The second-order valence-corrected chi connectivity index (χ2v) is 4.76. The lowest BCUT2D eigenvalue weighted by Crippen LogP contribution is -2.36. The average Bonchev–Trinajstić information content (AvgIpc) is 2.27. The molecule has 0 spiro atoms. The highest BCUT2D eigenvalue weighted by Gasteiger charge is 2.19. The topological polar surface area (TPSA) is 56.3 Å². The third-order valence-corrected chi connectivity index (χ3v) is 2.32. The molecule has 0 saturated carbocycles. The fourth-order valence-corrected chi connectivity index (χ4v) is 1.58. The van der Waals surface area contributed by atoms with E-state index in [1.807, 2.05) is 13.8 Å². The normalized spacial score (nSPS) is 11.8. The molecule has 1 aromatic rings. The molecule has 0 radical (unpaired) electrons. The van der Waals surface area contributed by atoms with Gasteiger partial charge in [-0.15, -0.1) is 0 Å². The van der Waals surface area contributed by atoms with Crippen molar-refractivity contribution >= 4 is 23.5 Å². The maximum Gasteiger partial charge on any atom is 0.224 e. The molecule has 0 fully saturated rings. The van der Waals surface area contributed by atoms with Crippen molar-refractivity contribution < 1.29 is 9.47 Å². The van der Waals surface area contributed by atoms with Gasteiger partial charge in [-0.05, 0) is 31.5 Å². The lowest BCUT2D eigenvalue weighted by atomic mass is 10.1. The Balaban J connectivity index is 2.98. The van der Waals surface area contributed by atoms with E-state index in [-0.39, 0.29) is 10.8 Å². The van der Waals surface area contributed by atoms with Crippen molar-refractivity contribution in [3.63, 3.8) is 0 Å². The van der Waals surface area contributed by atoms with E-state index < -0.39 is 0 Å². The summed E-state index contributed by atoms with van der Waals surface area (Å²) < 4.78 is 10.0. The second kappa shape index (κ2) is 6.56. The molecule has 0 aliphatic carbocycles. The molecule has 0 aliphatic heterocycles. The fourth-order valence-electron chi connectivity index (χ4n) is 1.45. The van der Waals surface area contributed by atoms with Gasteiger partial charge in [0.2, 0.25) is 5.28 Å². The molecule has 6 heteroatoms. The minimum Gasteiger partial charge on any atom is -0.504 e. The van der Waals surface area contributed by atoms with Crippen LogP contribution < -0.4 is 5.32 Å². The molecular formula is C12H18ClN3O2. The lowest BCUT2D eigenvalue weighted by molar-refractivity contribution is 0.158. The smallest absolute Gasteiger partial charge is 0.224 e. The van der Waals surface area contributed by atoms with Gasteiger partial charge >= 0.3 is 0 Å². The van der Waals surface area contributed by atoms with Gasteiger partial charge in [0.15, 0.2) is 0 Å². The first-order valence-electron chi connectivity index (χ1n) is 5.47. The van der Waals surface area contributed by atoms with Crippen molar-refractivity contribution in [1.29, 1.82) is 0 Å². The van der Waals surface area contributed by atoms with Crippen LogP contribution in [0.1, 0.15) is 19.4 Å². The summed E-state index contributed by atoms with van der Waals surface area (Å²) in [6.45, 7) is 4.56. The number of anilines is 1. The molecule has 0 unspecified atom stereocenters. The van der Waals surface area contributed by atoms with Crippen LogP contribution in [0.15, 0.2) is 12.5 Å². The molecule has 0 bridgehead atoms. The number of hydrogen-bond acceptors (Lipinski definition) is 5. The Labute approximate surface area is 112 Å². The Kier molecular flexibility index (Phi) is 5.37. The second-order valence-electron chi connectivity index (χ2n) is 4.42. The maximum atomic E-state index is 5.81. The van der Waals surface area contributed by atoms with Crippen molar-refractivity contribution in [3.05, 3.63) is 23.3 Å². The highest BCUT2D eigenvalue weighted by atomic mass is 35.5. The molecule has 5 nitrogen and oxygen atoms in total. The van der Waals surface area contributed by atoms with Crippen molar-refractivity contribution in [1.82, 2.24) is 9.97 Å². The number of methoxy groups -OCH3 is 2. The van der Waals surface area contributed by atoms with Crippen LogP contribution in [0.2, 0.25) is 5.28 Å². The number of nitrogens with zero attached hydrogens (tertiary/aromatic N) is 2. The first kappa shape index (κ1) is 14.7. The molecule has 0 atom stereocenters. The van der Waals surface area contributed by atoms with E-state index in [0.717, 1.165) is 5.56 Å². The third-order valence-electron chi connectivity index (χ3n) is 2.13. The fraction of sp³-hybridized carbons (Fsp3) is 0.500. The molecule has 100 valence electrons. The van der Waals surface area contributed by atoms with Gasteiger partial charge in [-0.25, -0.2) is 9.97 Å². The van der Waals surface area contributed by atoms with Crippen LogP contribution in [0.5, 0.6) is 0 Å². The first-order chi connectivity index (χ1) is 8.48. The molecule has 0 amide bonds. The quantitative estimate of drug-likeness (QED) is 0.637. The van der Waals surface area contributed by atoms with Gasteiger partial charge in [-0.1, -0.05) is 0 Å². The molecular weight excluding hydrogens is 254 g/mol. The van der Waals surface area contributed by atoms with Crippen molar-refractivity contribution in [2.75, 3.05) is 26.1 Å². The van der Waals surface area contributed by atoms with Crippen molar-refractivity contribution in [2.45, 2.75) is 19.4 Å². The van der Waals surface area contributed by atoms with Crippen LogP contribution >= 0.6 is 11.6 Å². The average molecular weight is 272 g/mol. The lowest BCUT2D eigenvalue weighted by Gasteiger charge is -2.26. The summed E-state index contributed by atoms with van der Waals surface area (Å²) in [5, 5.41) is 3.46. The maximum absolute atomic E-state index is 5.81. The largest absolute Gasteiger partial charge is 0.504 e. The SMILES string of the molecule is COC=Cc1cnc(Cl)nc1NC(C)(C)COC. The van der Waals surface area contributed by atoms with Crippen molar-refractivity contribution in [3.8, 4) is 0 Å². The Bertz CT molecular complexity index is 422. The summed E-state index contributed by atoms with van der Waals surface area (Å²) in [5.74, 6) is 0.644. The minimum atomic E-state index is -0.262. The van der Waals surface area contributed by atoms with Crippen LogP contribution in [0.4, 0.5) is 5.82 Å². The Morgan fingerprint density at radius 1 is 1.44 bits per heavy atom. The van der Waals surface area contributed by atoms with Gasteiger partial charge in [0.25, 0.3) is 0 Å². The molecule has 0 aromatic carbocycles. The van der Waals surface area contributed by atoms with Crippen LogP contribution in [0.3, 0.4) is 0 Å². The third kappa shape index (κ3) is 4.50. The zero-order valence-corrected chi connectivity index (χ0v) is 11.8. The molecule has 0 saturated heterocycles. The first-order valence-corrected chi connectivity index (χ1v) is 5.85. The van der Waals surface area contributed by atoms with Gasteiger partial charge in [0, 0.05) is 18.9 Å². The minimum absolute atomic E-state index is 0.195. The molecule has 1 heterocycles. The molecule has 18 heavy (non-hydrogen) atoms. The number of nitrogens with one attached hydrogen (secondary N) is 1. The summed E-state index contributed by atoms with van der Waals surface area (Å²) in [4.78, 5) is 8.12. The van der Waals surface area contributed by atoms with E-state index in [4.69, 9.17) is 21.1 Å². The summed E-state index contributed by atoms with van der Waals surface area (Å²) in [7, 11) is 3.23. The Morgan fingerprint density at radius 3 is 2.78 bits per heavy atom. The summed E-state index contributed by atoms with van der Waals surface area (Å²) in [6, 6.07) is 0. The number of hydrogen-bond donors (Lipinski definition) is 1. The van der Waals surface area contributed by atoms with Gasteiger partial charge in [0.1, 0.15) is 5.82 Å². The number of halogens is 1. The zero-order valence-electron chi connectivity index (χ0n) is 11.0. The zero-order chi connectivity index (χ0) is 13.6. The number of aromatic nitrogens is 2. The standard InChI is InChI=1S/C12H18ClN3O2/c1-12(2,8-18-4)16-10-9(5-6-17-3)7-14-11(13)15-10/h5-7H,8H2,1-4H3,(H,14,15,16). The summed E-state index contributed by atoms with van der Waals surface area (Å²) in [5.41, 5.74) is 0.535. The predicted molar refractivity (Wildman–Crippen MR) is 72.7 cm³/mol. The highest BCUT2D eigenvalue weighted by Crippen LogP contribution is 2.20. The van der Waals surface area contributed by atoms with Crippen LogP contribution in [0, 0.1) is 0 Å².